The summed E-state index contributed by atoms with van der Waals surface area (Å²) in [6.07, 6.45) is 4.49. The first-order valence-corrected chi connectivity index (χ1v) is 9.51. The Morgan fingerprint density at radius 2 is 2.11 bits per heavy atom. The number of aliphatic carboxylic acids is 1. The second-order valence-corrected chi connectivity index (χ2v) is 7.86. The Morgan fingerprint density at radius 1 is 1.41 bits per heavy atom. The number of hydrogen-bond acceptors (Lipinski definition) is 5. The Balaban J connectivity index is 2.05. The molecule has 0 fully saturated rings. The number of hydrogen-bond donors (Lipinski definition) is 2. The normalized spacial score (nSPS) is 12.6. The van der Waals surface area contributed by atoms with Gasteiger partial charge in [-0.15, -0.1) is 5.10 Å². The Hall–Kier alpha value is -2.29. The van der Waals surface area contributed by atoms with Crippen LogP contribution in [0.1, 0.15) is 57.3 Å². The van der Waals surface area contributed by atoms with Crippen molar-refractivity contribution in [1.82, 2.24) is 25.3 Å². The van der Waals surface area contributed by atoms with E-state index in [1.54, 1.807) is 30.9 Å². The lowest BCUT2D eigenvalue weighted by Crippen LogP contribution is -2.31. The van der Waals surface area contributed by atoms with Crippen LogP contribution in [0.2, 0.25) is 0 Å². The summed E-state index contributed by atoms with van der Waals surface area (Å²) in [5, 5.41) is 20.4. The van der Waals surface area contributed by atoms with Crippen LogP contribution in [-0.4, -0.2) is 37.0 Å². The molecule has 0 saturated heterocycles. The maximum absolute atomic E-state index is 12.2. The molecule has 0 bridgehead atoms. The zero-order valence-corrected chi connectivity index (χ0v) is 17.4. The summed E-state index contributed by atoms with van der Waals surface area (Å²) in [5.41, 5.74) is 1.46. The van der Waals surface area contributed by atoms with E-state index in [1.165, 1.54) is 0 Å². The molecule has 9 heteroatoms. The third-order valence-electron chi connectivity index (χ3n) is 4.43. The van der Waals surface area contributed by atoms with E-state index >= 15 is 0 Å². The van der Waals surface area contributed by atoms with Crippen molar-refractivity contribution in [3.8, 4) is 5.69 Å². The fourth-order valence-electron chi connectivity index (χ4n) is 2.42. The van der Waals surface area contributed by atoms with E-state index in [9.17, 15) is 9.59 Å². The fourth-order valence-corrected chi connectivity index (χ4v) is 2.63. The van der Waals surface area contributed by atoms with E-state index < -0.39 is 11.4 Å². The standard InChI is InChI=1S/C18H24BrN5O3/c1-5-13(21-15(25)6-7-18(3,4)17(26)27)14-10-24(23-22-14)12-8-11(2)16(19)20-9-12/h8-10,13H,5-7H2,1-4H3,(H,21,25)(H,26,27). The number of halogens is 1. The molecule has 0 radical (unpaired) electrons. The molecule has 2 N–H and O–H groups in total. The lowest BCUT2D eigenvalue weighted by Gasteiger charge is -2.19. The number of nitrogens with one attached hydrogen (secondary N) is 1. The summed E-state index contributed by atoms with van der Waals surface area (Å²) in [4.78, 5) is 27.6. The molecule has 2 heterocycles. The first-order chi connectivity index (χ1) is 12.6. The highest BCUT2D eigenvalue weighted by Crippen LogP contribution is 2.23. The molecular weight excluding hydrogens is 414 g/mol. The van der Waals surface area contributed by atoms with Crippen LogP contribution >= 0.6 is 15.9 Å². The lowest BCUT2D eigenvalue weighted by molar-refractivity contribution is -0.147. The van der Waals surface area contributed by atoms with Gasteiger partial charge in [-0.2, -0.15) is 0 Å². The highest BCUT2D eigenvalue weighted by Gasteiger charge is 2.28. The molecule has 0 aliphatic rings. The predicted octanol–water partition coefficient (Wildman–Crippen LogP) is 3.19. The number of carbonyl (C=O) groups excluding carboxylic acids is 1. The highest BCUT2D eigenvalue weighted by atomic mass is 79.9. The van der Waals surface area contributed by atoms with Gasteiger partial charge in [-0.3, -0.25) is 9.59 Å². The maximum atomic E-state index is 12.2. The largest absolute Gasteiger partial charge is 0.481 e. The zero-order valence-electron chi connectivity index (χ0n) is 15.9. The Kier molecular flexibility index (Phi) is 6.69. The van der Waals surface area contributed by atoms with Crippen LogP contribution in [-0.2, 0) is 9.59 Å². The molecule has 146 valence electrons. The molecule has 0 spiro atoms. The third-order valence-corrected chi connectivity index (χ3v) is 5.26. The van der Waals surface area contributed by atoms with Gasteiger partial charge in [0.05, 0.1) is 29.5 Å². The van der Waals surface area contributed by atoms with E-state index in [0.717, 1.165) is 15.9 Å². The van der Waals surface area contributed by atoms with Gasteiger partial charge in [-0.05, 0) is 61.2 Å². The van der Waals surface area contributed by atoms with Gasteiger partial charge in [0, 0.05) is 6.42 Å². The molecule has 0 aliphatic heterocycles. The number of pyridine rings is 1. The van der Waals surface area contributed by atoms with Crippen molar-refractivity contribution in [3.63, 3.8) is 0 Å². The number of amides is 1. The van der Waals surface area contributed by atoms with Gasteiger partial charge >= 0.3 is 5.97 Å². The van der Waals surface area contributed by atoms with Gasteiger partial charge in [0.15, 0.2) is 0 Å². The van der Waals surface area contributed by atoms with Crippen LogP contribution in [0.3, 0.4) is 0 Å². The van der Waals surface area contributed by atoms with Crippen molar-refractivity contribution in [2.24, 2.45) is 5.41 Å². The van der Waals surface area contributed by atoms with E-state index in [2.05, 4.69) is 36.5 Å². The number of carbonyl (C=O) groups is 2. The molecule has 1 amide bonds. The zero-order chi connectivity index (χ0) is 20.2. The van der Waals surface area contributed by atoms with Crippen molar-refractivity contribution in [2.75, 3.05) is 0 Å². The number of aryl methyl sites for hydroxylation is 1. The van der Waals surface area contributed by atoms with E-state index in [-0.39, 0.29) is 24.8 Å². The highest BCUT2D eigenvalue weighted by molar-refractivity contribution is 9.10. The summed E-state index contributed by atoms with van der Waals surface area (Å²) < 4.78 is 2.39. The molecule has 8 nitrogen and oxygen atoms in total. The predicted molar refractivity (Wildman–Crippen MR) is 103 cm³/mol. The minimum Gasteiger partial charge on any atom is -0.481 e. The van der Waals surface area contributed by atoms with Crippen LogP contribution in [0, 0.1) is 12.3 Å². The first kappa shape index (κ1) is 21.0. The average molecular weight is 438 g/mol. The van der Waals surface area contributed by atoms with Crippen molar-refractivity contribution in [2.45, 2.75) is 53.0 Å². The molecule has 2 rings (SSSR count). The lowest BCUT2D eigenvalue weighted by atomic mass is 9.88. The van der Waals surface area contributed by atoms with Gasteiger partial charge in [0.1, 0.15) is 10.3 Å². The van der Waals surface area contributed by atoms with E-state index in [1.807, 2.05) is 19.9 Å². The molecule has 0 aliphatic carbocycles. The molecule has 1 atom stereocenters. The van der Waals surface area contributed by atoms with Gasteiger partial charge in [0.25, 0.3) is 0 Å². The van der Waals surface area contributed by atoms with Crippen LogP contribution in [0.5, 0.6) is 0 Å². The quantitative estimate of drug-likeness (QED) is 0.613. The molecule has 0 saturated carbocycles. The molecular formula is C18H24BrN5O3. The van der Waals surface area contributed by atoms with Crippen LogP contribution < -0.4 is 5.32 Å². The summed E-state index contributed by atoms with van der Waals surface area (Å²) in [5.74, 6) is -1.12. The van der Waals surface area contributed by atoms with Crippen molar-refractivity contribution >= 4 is 27.8 Å². The molecule has 27 heavy (non-hydrogen) atoms. The van der Waals surface area contributed by atoms with E-state index in [0.29, 0.717) is 12.1 Å². The molecule has 2 aromatic heterocycles. The van der Waals surface area contributed by atoms with Crippen LogP contribution in [0.15, 0.2) is 23.1 Å². The Morgan fingerprint density at radius 3 is 2.70 bits per heavy atom. The van der Waals surface area contributed by atoms with Crippen molar-refractivity contribution in [3.05, 3.63) is 34.3 Å². The molecule has 2 aromatic rings. The molecule has 0 aromatic carbocycles. The SMILES string of the molecule is CCC(NC(=O)CCC(C)(C)C(=O)O)c1cn(-c2cnc(Br)c(C)c2)nn1. The number of rotatable bonds is 8. The number of nitrogens with zero attached hydrogens (tertiary/aromatic N) is 4. The average Bonchev–Trinajstić information content (AvgIpc) is 3.10. The minimum atomic E-state index is -0.936. The fraction of sp³-hybridized carbons (Fsp3) is 0.500. The van der Waals surface area contributed by atoms with Gasteiger partial charge < -0.3 is 10.4 Å². The number of aromatic nitrogens is 4. The first-order valence-electron chi connectivity index (χ1n) is 8.71. The minimum absolute atomic E-state index is 0.139. The van der Waals surface area contributed by atoms with Crippen molar-refractivity contribution < 1.29 is 14.7 Å². The summed E-state index contributed by atoms with van der Waals surface area (Å²) in [7, 11) is 0. The van der Waals surface area contributed by atoms with Gasteiger partial charge in [-0.25, -0.2) is 9.67 Å². The maximum Gasteiger partial charge on any atom is 0.309 e. The topological polar surface area (TPSA) is 110 Å². The number of carboxylic acid groups (broad SMARTS) is 1. The summed E-state index contributed by atoms with van der Waals surface area (Å²) in [6, 6.07) is 1.65. The summed E-state index contributed by atoms with van der Waals surface area (Å²) >= 11 is 3.37. The van der Waals surface area contributed by atoms with Crippen molar-refractivity contribution in [1.29, 1.82) is 0 Å². The van der Waals surface area contributed by atoms with Gasteiger partial charge in [0.2, 0.25) is 5.91 Å². The van der Waals surface area contributed by atoms with Gasteiger partial charge in [-0.1, -0.05) is 12.1 Å². The number of carboxylic acids is 1. The molecule has 1 unspecified atom stereocenters. The van der Waals surface area contributed by atoms with Crippen LogP contribution in [0.25, 0.3) is 5.69 Å². The monoisotopic (exact) mass is 437 g/mol. The third kappa shape index (κ3) is 5.35. The second kappa shape index (κ2) is 8.60. The summed E-state index contributed by atoms with van der Waals surface area (Å²) in [6.45, 7) is 7.10. The second-order valence-electron chi connectivity index (χ2n) is 7.11. The Labute approximate surface area is 166 Å². The Bertz CT molecular complexity index is 834. The smallest absolute Gasteiger partial charge is 0.309 e. The van der Waals surface area contributed by atoms with E-state index in [4.69, 9.17) is 5.11 Å². The van der Waals surface area contributed by atoms with Crippen LogP contribution in [0.4, 0.5) is 0 Å².